The maximum absolute atomic E-state index is 5.48. The summed E-state index contributed by atoms with van der Waals surface area (Å²) in [5.41, 5.74) is 2.71. The minimum absolute atomic E-state index is 0.0628. The van der Waals surface area contributed by atoms with E-state index in [9.17, 15) is 0 Å². The quantitative estimate of drug-likeness (QED) is 0.790. The van der Waals surface area contributed by atoms with Gasteiger partial charge in [-0.3, -0.25) is 4.90 Å². The van der Waals surface area contributed by atoms with Crippen LogP contribution in [0.4, 0.5) is 0 Å². The van der Waals surface area contributed by atoms with E-state index < -0.39 is 0 Å². The van der Waals surface area contributed by atoms with Gasteiger partial charge in [0.2, 0.25) is 0 Å². The summed E-state index contributed by atoms with van der Waals surface area (Å²) in [6.45, 7) is 2.73. The Labute approximate surface area is 144 Å². The molecule has 1 unspecified atom stereocenters. The molecule has 2 aromatic rings. The fraction of sp³-hybridized carbons (Fsp3) is 0.429. The highest BCUT2D eigenvalue weighted by molar-refractivity contribution is 5.39. The average Bonchev–Trinajstić information content (AvgIpc) is 3.17. The molecule has 0 N–H and O–H groups in total. The molecule has 3 nitrogen and oxygen atoms in total. The third-order valence-corrected chi connectivity index (χ3v) is 5.41. The molecule has 2 aromatic carbocycles. The second kappa shape index (κ2) is 7.06. The first-order chi connectivity index (χ1) is 11.9. The second-order valence-corrected chi connectivity index (χ2v) is 6.82. The summed E-state index contributed by atoms with van der Waals surface area (Å²) in [6.07, 6.45) is 4.80. The highest BCUT2D eigenvalue weighted by Gasteiger charge is 2.43. The summed E-state index contributed by atoms with van der Waals surface area (Å²) in [5.74, 6) is 0. The number of nitrogens with zero attached hydrogens (tertiary/aromatic N) is 1. The van der Waals surface area contributed by atoms with E-state index in [-0.39, 0.29) is 11.6 Å². The number of benzene rings is 2. The van der Waals surface area contributed by atoms with Crippen LogP contribution in [0.25, 0.3) is 0 Å². The van der Waals surface area contributed by atoms with Gasteiger partial charge in [-0.1, -0.05) is 60.7 Å². The highest BCUT2D eigenvalue weighted by Crippen LogP contribution is 2.43. The van der Waals surface area contributed by atoms with E-state index >= 15 is 0 Å². The molecule has 126 valence electrons. The molecule has 2 heterocycles. The third-order valence-electron chi connectivity index (χ3n) is 5.41. The molecule has 2 saturated heterocycles. The van der Waals surface area contributed by atoms with E-state index in [0.717, 1.165) is 25.9 Å². The van der Waals surface area contributed by atoms with Crippen LogP contribution >= 0.6 is 0 Å². The largest absolute Gasteiger partial charge is 0.287 e. The SMILES string of the molecule is c1ccc(C2(c3ccccc3)CCCCN2CC2CCOO2)cc1. The summed E-state index contributed by atoms with van der Waals surface area (Å²) in [6, 6.07) is 21.9. The highest BCUT2D eigenvalue weighted by atomic mass is 17.2. The second-order valence-electron chi connectivity index (χ2n) is 6.82. The first kappa shape index (κ1) is 15.8. The van der Waals surface area contributed by atoms with E-state index in [1.54, 1.807) is 0 Å². The van der Waals surface area contributed by atoms with Gasteiger partial charge in [0, 0.05) is 13.0 Å². The first-order valence-electron chi connectivity index (χ1n) is 9.04. The molecular formula is C21H25NO2. The zero-order valence-electron chi connectivity index (χ0n) is 14.1. The molecule has 2 aliphatic heterocycles. The summed E-state index contributed by atoms with van der Waals surface area (Å²) in [5, 5.41) is 0. The van der Waals surface area contributed by atoms with Gasteiger partial charge in [-0.25, -0.2) is 9.78 Å². The Morgan fingerprint density at radius 2 is 1.58 bits per heavy atom. The molecule has 2 aliphatic rings. The number of likely N-dealkylation sites (tertiary alicyclic amines) is 1. The van der Waals surface area contributed by atoms with E-state index in [0.29, 0.717) is 6.61 Å². The lowest BCUT2D eigenvalue weighted by molar-refractivity contribution is -0.277. The Bertz CT molecular complexity index is 598. The lowest BCUT2D eigenvalue weighted by Gasteiger charge is -2.49. The summed E-state index contributed by atoms with van der Waals surface area (Å²) >= 11 is 0. The van der Waals surface area contributed by atoms with E-state index in [4.69, 9.17) is 9.78 Å². The standard InChI is InChI=1S/C21H25NO2/c1-3-9-18(10-4-1)21(19-11-5-2-6-12-19)14-7-8-15-22(21)17-20-13-16-23-24-20/h1-6,9-12,20H,7-8,13-17H2. The summed E-state index contributed by atoms with van der Waals surface area (Å²) in [7, 11) is 0. The predicted octanol–water partition coefficient (Wildman–Crippen LogP) is 4.14. The molecule has 2 fully saturated rings. The van der Waals surface area contributed by atoms with Crippen molar-refractivity contribution in [3.63, 3.8) is 0 Å². The van der Waals surface area contributed by atoms with Crippen molar-refractivity contribution >= 4 is 0 Å². The van der Waals surface area contributed by atoms with E-state index in [1.807, 2.05) is 0 Å². The molecule has 0 bridgehead atoms. The number of hydrogen-bond donors (Lipinski definition) is 0. The minimum Gasteiger partial charge on any atom is -0.287 e. The van der Waals surface area contributed by atoms with Crippen LogP contribution in [0.15, 0.2) is 60.7 Å². The van der Waals surface area contributed by atoms with Crippen LogP contribution in [-0.2, 0) is 15.3 Å². The third kappa shape index (κ3) is 2.88. The maximum Gasteiger partial charge on any atom is 0.108 e. The van der Waals surface area contributed by atoms with Crippen molar-refractivity contribution in [2.75, 3.05) is 19.7 Å². The van der Waals surface area contributed by atoms with Crippen molar-refractivity contribution in [2.24, 2.45) is 0 Å². The van der Waals surface area contributed by atoms with Crippen molar-refractivity contribution in [1.29, 1.82) is 0 Å². The molecule has 0 amide bonds. The monoisotopic (exact) mass is 323 g/mol. The van der Waals surface area contributed by atoms with Crippen LogP contribution in [0, 0.1) is 0 Å². The van der Waals surface area contributed by atoms with Crippen molar-refractivity contribution in [3.05, 3.63) is 71.8 Å². The van der Waals surface area contributed by atoms with Crippen LogP contribution in [-0.4, -0.2) is 30.7 Å². The van der Waals surface area contributed by atoms with Gasteiger partial charge in [0.25, 0.3) is 0 Å². The number of piperidine rings is 1. The molecular weight excluding hydrogens is 298 g/mol. The zero-order chi connectivity index (χ0) is 16.2. The van der Waals surface area contributed by atoms with Crippen molar-refractivity contribution < 1.29 is 9.78 Å². The van der Waals surface area contributed by atoms with Gasteiger partial charge in [0.1, 0.15) is 6.10 Å². The Hall–Kier alpha value is -1.68. The summed E-state index contributed by atoms with van der Waals surface area (Å²) in [4.78, 5) is 13.3. The lowest BCUT2D eigenvalue weighted by atomic mass is 9.75. The van der Waals surface area contributed by atoms with E-state index in [2.05, 4.69) is 65.6 Å². The summed E-state index contributed by atoms with van der Waals surface area (Å²) < 4.78 is 0. The molecule has 0 radical (unpaired) electrons. The van der Waals surface area contributed by atoms with Gasteiger partial charge < -0.3 is 0 Å². The van der Waals surface area contributed by atoms with Gasteiger partial charge in [-0.05, 0) is 36.9 Å². The smallest absolute Gasteiger partial charge is 0.108 e. The van der Waals surface area contributed by atoms with Crippen LogP contribution in [0.3, 0.4) is 0 Å². The Kier molecular flexibility index (Phi) is 4.65. The van der Waals surface area contributed by atoms with Crippen LogP contribution in [0.1, 0.15) is 36.8 Å². The van der Waals surface area contributed by atoms with Gasteiger partial charge in [-0.2, -0.15) is 0 Å². The van der Waals surface area contributed by atoms with Gasteiger partial charge in [-0.15, -0.1) is 0 Å². The van der Waals surface area contributed by atoms with Crippen LogP contribution in [0.5, 0.6) is 0 Å². The van der Waals surface area contributed by atoms with Crippen molar-refractivity contribution in [2.45, 2.75) is 37.3 Å². The van der Waals surface area contributed by atoms with Crippen molar-refractivity contribution in [1.82, 2.24) is 4.90 Å². The molecule has 0 aliphatic carbocycles. The molecule has 0 aromatic heterocycles. The molecule has 0 spiro atoms. The minimum atomic E-state index is -0.0628. The predicted molar refractivity (Wildman–Crippen MR) is 94.5 cm³/mol. The Morgan fingerprint density at radius 1 is 0.917 bits per heavy atom. The zero-order valence-corrected chi connectivity index (χ0v) is 14.1. The van der Waals surface area contributed by atoms with Gasteiger partial charge in [0.05, 0.1) is 12.1 Å². The number of hydrogen-bond acceptors (Lipinski definition) is 3. The van der Waals surface area contributed by atoms with Crippen LogP contribution in [0.2, 0.25) is 0 Å². The molecule has 1 atom stereocenters. The Balaban J connectivity index is 1.77. The molecule has 0 saturated carbocycles. The molecule has 24 heavy (non-hydrogen) atoms. The topological polar surface area (TPSA) is 21.7 Å². The molecule has 3 heteroatoms. The van der Waals surface area contributed by atoms with Gasteiger partial charge in [0.15, 0.2) is 0 Å². The van der Waals surface area contributed by atoms with Crippen molar-refractivity contribution in [3.8, 4) is 0 Å². The fourth-order valence-electron chi connectivity index (χ4n) is 4.27. The lowest BCUT2D eigenvalue weighted by Crippen LogP contribution is -2.52. The molecule has 4 rings (SSSR count). The number of rotatable bonds is 4. The normalized spacial score (nSPS) is 24.1. The van der Waals surface area contributed by atoms with Crippen LogP contribution < -0.4 is 0 Å². The first-order valence-corrected chi connectivity index (χ1v) is 9.04. The fourth-order valence-corrected chi connectivity index (χ4v) is 4.27. The Morgan fingerprint density at radius 3 is 2.17 bits per heavy atom. The average molecular weight is 323 g/mol. The van der Waals surface area contributed by atoms with E-state index in [1.165, 1.54) is 24.0 Å². The maximum atomic E-state index is 5.48. The van der Waals surface area contributed by atoms with Gasteiger partial charge >= 0.3 is 0 Å².